The summed E-state index contributed by atoms with van der Waals surface area (Å²) in [6.45, 7) is 2.46. The van der Waals surface area contributed by atoms with Gasteiger partial charge in [-0.1, -0.05) is 0 Å². The van der Waals surface area contributed by atoms with Crippen molar-refractivity contribution in [1.29, 1.82) is 0 Å². The van der Waals surface area contributed by atoms with Crippen LogP contribution < -0.4 is 0 Å². The molecule has 2 amide bonds. The lowest BCUT2D eigenvalue weighted by atomic mass is 10.2. The summed E-state index contributed by atoms with van der Waals surface area (Å²) in [4.78, 5) is 32.6. The molecule has 120 valence electrons. The zero-order valence-electron chi connectivity index (χ0n) is 13.2. The SMILES string of the molecule is Cn1ccc(C(=O)N2CCCN(C(=O)c3ccncc3)CC2)c1. The standard InChI is InChI=1S/C17H20N4O2/c1-19-10-5-15(13-19)17(23)21-9-2-8-20(11-12-21)16(22)14-3-6-18-7-4-14/h3-7,10,13H,2,8-9,11-12H2,1H3. The van der Waals surface area contributed by atoms with Crippen molar-refractivity contribution in [3.63, 3.8) is 0 Å². The average Bonchev–Trinajstić information content (AvgIpc) is 2.87. The third kappa shape index (κ3) is 3.41. The van der Waals surface area contributed by atoms with E-state index in [9.17, 15) is 9.59 Å². The van der Waals surface area contributed by atoms with Crippen molar-refractivity contribution in [1.82, 2.24) is 19.4 Å². The van der Waals surface area contributed by atoms with Gasteiger partial charge in [0.05, 0.1) is 5.56 Å². The molecule has 0 radical (unpaired) electrons. The summed E-state index contributed by atoms with van der Waals surface area (Å²) >= 11 is 0. The highest BCUT2D eigenvalue weighted by Crippen LogP contribution is 2.12. The van der Waals surface area contributed by atoms with Gasteiger partial charge in [0.2, 0.25) is 0 Å². The van der Waals surface area contributed by atoms with Crippen LogP contribution in [-0.2, 0) is 7.05 Å². The Morgan fingerprint density at radius 1 is 0.913 bits per heavy atom. The summed E-state index contributed by atoms with van der Waals surface area (Å²) in [5.41, 5.74) is 1.34. The zero-order chi connectivity index (χ0) is 16.2. The number of carbonyl (C=O) groups excluding carboxylic acids is 2. The highest BCUT2D eigenvalue weighted by Gasteiger charge is 2.23. The van der Waals surface area contributed by atoms with Crippen molar-refractivity contribution >= 4 is 11.8 Å². The monoisotopic (exact) mass is 312 g/mol. The van der Waals surface area contributed by atoms with Gasteiger partial charge in [-0.15, -0.1) is 0 Å². The third-order valence-electron chi connectivity index (χ3n) is 4.08. The lowest BCUT2D eigenvalue weighted by Gasteiger charge is -2.22. The molecule has 2 aromatic heterocycles. The van der Waals surface area contributed by atoms with Gasteiger partial charge in [-0.3, -0.25) is 14.6 Å². The molecule has 2 aromatic rings. The fraction of sp³-hybridized carbons (Fsp3) is 0.353. The fourth-order valence-corrected chi connectivity index (χ4v) is 2.81. The molecule has 0 aliphatic carbocycles. The Hall–Kier alpha value is -2.63. The number of nitrogens with zero attached hydrogens (tertiary/aromatic N) is 4. The van der Waals surface area contributed by atoms with Gasteiger partial charge >= 0.3 is 0 Å². The van der Waals surface area contributed by atoms with Crippen LogP contribution in [0.1, 0.15) is 27.1 Å². The zero-order valence-corrected chi connectivity index (χ0v) is 13.2. The first-order valence-electron chi connectivity index (χ1n) is 7.76. The molecule has 6 nitrogen and oxygen atoms in total. The number of rotatable bonds is 2. The molecule has 1 fully saturated rings. The first-order valence-corrected chi connectivity index (χ1v) is 7.76. The van der Waals surface area contributed by atoms with E-state index < -0.39 is 0 Å². The third-order valence-corrected chi connectivity index (χ3v) is 4.08. The Kier molecular flexibility index (Phi) is 4.41. The van der Waals surface area contributed by atoms with Crippen molar-refractivity contribution in [3.8, 4) is 0 Å². The number of hydrogen-bond donors (Lipinski definition) is 0. The molecule has 0 spiro atoms. The first-order chi connectivity index (χ1) is 11.1. The molecule has 6 heteroatoms. The van der Waals surface area contributed by atoms with E-state index in [0.717, 1.165) is 6.42 Å². The second-order valence-electron chi connectivity index (χ2n) is 5.74. The summed E-state index contributed by atoms with van der Waals surface area (Å²) in [7, 11) is 1.90. The quantitative estimate of drug-likeness (QED) is 0.842. The van der Waals surface area contributed by atoms with Crippen molar-refractivity contribution in [2.45, 2.75) is 6.42 Å². The number of aromatic nitrogens is 2. The maximum Gasteiger partial charge on any atom is 0.255 e. The number of amides is 2. The minimum Gasteiger partial charge on any atom is -0.356 e. The van der Waals surface area contributed by atoms with Crippen LogP contribution in [0.15, 0.2) is 43.0 Å². The van der Waals surface area contributed by atoms with Crippen LogP contribution in [0.25, 0.3) is 0 Å². The van der Waals surface area contributed by atoms with Crippen LogP contribution in [-0.4, -0.2) is 57.3 Å². The van der Waals surface area contributed by atoms with Gasteiger partial charge in [0.1, 0.15) is 0 Å². The Morgan fingerprint density at radius 3 is 2.09 bits per heavy atom. The highest BCUT2D eigenvalue weighted by molar-refractivity contribution is 5.95. The number of carbonyl (C=O) groups is 2. The first kappa shape index (κ1) is 15.3. The van der Waals surface area contributed by atoms with Gasteiger partial charge in [-0.2, -0.15) is 0 Å². The Balaban J connectivity index is 1.65. The lowest BCUT2D eigenvalue weighted by Crippen LogP contribution is -2.37. The van der Waals surface area contributed by atoms with Crippen LogP contribution in [0.4, 0.5) is 0 Å². The molecule has 0 bridgehead atoms. The summed E-state index contributed by atoms with van der Waals surface area (Å²) < 4.78 is 1.87. The van der Waals surface area contributed by atoms with Gasteiger partial charge in [-0.05, 0) is 24.6 Å². The molecule has 0 saturated carbocycles. The summed E-state index contributed by atoms with van der Waals surface area (Å²) in [5, 5.41) is 0. The molecule has 23 heavy (non-hydrogen) atoms. The molecule has 0 atom stereocenters. The molecule has 0 N–H and O–H groups in total. The van der Waals surface area contributed by atoms with Crippen molar-refractivity contribution in [3.05, 3.63) is 54.1 Å². The predicted octanol–water partition coefficient (Wildman–Crippen LogP) is 1.41. The van der Waals surface area contributed by atoms with E-state index in [2.05, 4.69) is 4.98 Å². The molecular weight excluding hydrogens is 292 g/mol. The van der Waals surface area contributed by atoms with Gasteiger partial charge in [0.25, 0.3) is 11.8 Å². The van der Waals surface area contributed by atoms with E-state index in [-0.39, 0.29) is 11.8 Å². The second-order valence-corrected chi connectivity index (χ2v) is 5.74. The van der Waals surface area contributed by atoms with Crippen LogP contribution >= 0.6 is 0 Å². The van der Waals surface area contributed by atoms with Crippen LogP contribution in [0.3, 0.4) is 0 Å². The Bertz CT molecular complexity index is 696. The summed E-state index contributed by atoms with van der Waals surface area (Å²) in [5.74, 6) is 0.0326. The number of hydrogen-bond acceptors (Lipinski definition) is 3. The Labute approximate surface area is 135 Å². The molecular formula is C17H20N4O2. The topological polar surface area (TPSA) is 58.4 Å². The van der Waals surface area contributed by atoms with Gasteiger partial charge in [0, 0.05) is 63.6 Å². The normalized spacial score (nSPS) is 15.3. The molecule has 3 heterocycles. The summed E-state index contributed by atoms with van der Waals surface area (Å²) in [6, 6.07) is 5.27. The second kappa shape index (κ2) is 6.64. The fourth-order valence-electron chi connectivity index (χ4n) is 2.81. The van der Waals surface area contributed by atoms with Gasteiger partial charge in [0.15, 0.2) is 0 Å². The van der Waals surface area contributed by atoms with Crippen LogP contribution in [0, 0.1) is 0 Å². The largest absolute Gasteiger partial charge is 0.356 e. The molecule has 0 unspecified atom stereocenters. The summed E-state index contributed by atoms with van der Waals surface area (Å²) in [6.07, 6.45) is 7.72. The van der Waals surface area contributed by atoms with E-state index >= 15 is 0 Å². The van der Waals surface area contributed by atoms with E-state index in [0.29, 0.717) is 37.3 Å². The molecule has 1 saturated heterocycles. The van der Waals surface area contributed by atoms with Gasteiger partial charge in [-0.25, -0.2) is 0 Å². The molecule has 0 aromatic carbocycles. The number of aryl methyl sites for hydroxylation is 1. The Morgan fingerprint density at radius 2 is 1.52 bits per heavy atom. The van der Waals surface area contributed by atoms with E-state index in [1.165, 1.54) is 0 Å². The van der Waals surface area contributed by atoms with Crippen molar-refractivity contribution in [2.75, 3.05) is 26.2 Å². The lowest BCUT2D eigenvalue weighted by molar-refractivity contribution is 0.0718. The van der Waals surface area contributed by atoms with E-state index in [4.69, 9.17) is 0 Å². The average molecular weight is 312 g/mol. The highest BCUT2D eigenvalue weighted by atomic mass is 16.2. The minimum absolute atomic E-state index is 0.00131. The van der Waals surface area contributed by atoms with Crippen molar-refractivity contribution in [2.24, 2.45) is 7.05 Å². The van der Waals surface area contributed by atoms with E-state index in [1.807, 2.05) is 39.9 Å². The predicted molar refractivity (Wildman–Crippen MR) is 86.1 cm³/mol. The van der Waals surface area contributed by atoms with Crippen LogP contribution in [0.5, 0.6) is 0 Å². The van der Waals surface area contributed by atoms with Crippen LogP contribution in [0.2, 0.25) is 0 Å². The van der Waals surface area contributed by atoms with Crippen molar-refractivity contribution < 1.29 is 9.59 Å². The molecule has 1 aliphatic rings. The smallest absolute Gasteiger partial charge is 0.255 e. The molecule has 3 rings (SSSR count). The minimum atomic E-state index is 0.00131. The molecule has 1 aliphatic heterocycles. The van der Waals surface area contributed by atoms with E-state index in [1.54, 1.807) is 24.5 Å². The maximum atomic E-state index is 12.5. The maximum absolute atomic E-state index is 12.5. The number of pyridine rings is 1. The van der Waals surface area contributed by atoms with Gasteiger partial charge < -0.3 is 14.4 Å².